The maximum Gasteiger partial charge on any atom is 0.337 e. The Bertz CT molecular complexity index is 459. The summed E-state index contributed by atoms with van der Waals surface area (Å²) in [6.45, 7) is 3.95. The number of carboxylic acid groups (broad SMARTS) is 1. The first-order valence-corrected chi connectivity index (χ1v) is 6.42. The fraction of sp³-hybridized carbons (Fsp3) is 0.333. The zero-order valence-electron chi connectivity index (χ0n) is 10.1. The standard InChI is InChI=1S/C12H15NO4S/c1-7(2)18-6-11(15)13-10-4-3-8(14)5-9(10)12(16)17/h3-5,7,14H,6H2,1-2H3,(H,13,15)(H,16,17). The SMILES string of the molecule is CC(C)SCC(=O)Nc1ccc(O)cc1C(=O)O. The van der Waals surface area contributed by atoms with Crippen LogP contribution in [0.5, 0.6) is 5.75 Å². The summed E-state index contributed by atoms with van der Waals surface area (Å²) in [6.07, 6.45) is 0. The average molecular weight is 269 g/mol. The summed E-state index contributed by atoms with van der Waals surface area (Å²) in [7, 11) is 0. The van der Waals surface area contributed by atoms with Crippen LogP contribution in [0.3, 0.4) is 0 Å². The topological polar surface area (TPSA) is 86.6 Å². The Morgan fingerprint density at radius 1 is 1.39 bits per heavy atom. The van der Waals surface area contributed by atoms with Gasteiger partial charge in [-0.05, 0) is 23.4 Å². The average Bonchev–Trinajstić information content (AvgIpc) is 2.28. The third-order valence-electron chi connectivity index (χ3n) is 2.06. The van der Waals surface area contributed by atoms with Crippen LogP contribution >= 0.6 is 11.8 Å². The van der Waals surface area contributed by atoms with Gasteiger partial charge in [0.05, 0.1) is 17.0 Å². The molecule has 1 amide bonds. The van der Waals surface area contributed by atoms with Crippen LogP contribution in [0, 0.1) is 0 Å². The molecule has 0 saturated heterocycles. The smallest absolute Gasteiger partial charge is 0.337 e. The maximum absolute atomic E-state index is 11.6. The number of amides is 1. The molecule has 1 aromatic rings. The molecule has 0 saturated carbocycles. The predicted molar refractivity (Wildman–Crippen MR) is 71.3 cm³/mol. The van der Waals surface area contributed by atoms with Crippen LogP contribution in [0.15, 0.2) is 18.2 Å². The second-order valence-corrected chi connectivity index (χ2v) is 5.51. The van der Waals surface area contributed by atoms with Crippen LogP contribution in [0.4, 0.5) is 5.69 Å². The van der Waals surface area contributed by atoms with Gasteiger partial charge in [-0.2, -0.15) is 0 Å². The molecule has 1 aromatic carbocycles. The second kappa shape index (κ2) is 6.30. The molecule has 0 bridgehead atoms. The highest BCUT2D eigenvalue weighted by atomic mass is 32.2. The van der Waals surface area contributed by atoms with Crippen molar-refractivity contribution >= 4 is 29.3 Å². The molecule has 98 valence electrons. The first kappa shape index (κ1) is 14.4. The van der Waals surface area contributed by atoms with Gasteiger partial charge in [-0.1, -0.05) is 13.8 Å². The molecule has 0 fully saturated rings. The fourth-order valence-electron chi connectivity index (χ4n) is 1.25. The third-order valence-corrected chi connectivity index (χ3v) is 3.15. The van der Waals surface area contributed by atoms with Crippen LogP contribution in [0.25, 0.3) is 0 Å². The number of phenols is 1. The Balaban J connectivity index is 2.78. The van der Waals surface area contributed by atoms with Gasteiger partial charge >= 0.3 is 5.97 Å². The number of hydrogen-bond acceptors (Lipinski definition) is 4. The quantitative estimate of drug-likeness (QED) is 0.713. The highest BCUT2D eigenvalue weighted by molar-refractivity contribution is 8.00. The van der Waals surface area contributed by atoms with E-state index >= 15 is 0 Å². The van der Waals surface area contributed by atoms with Gasteiger partial charge in [-0.15, -0.1) is 11.8 Å². The van der Waals surface area contributed by atoms with Crippen molar-refractivity contribution in [3.8, 4) is 5.75 Å². The molecule has 0 heterocycles. The van der Waals surface area contributed by atoms with Crippen molar-refractivity contribution in [3.05, 3.63) is 23.8 Å². The summed E-state index contributed by atoms with van der Waals surface area (Å²) >= 11 is 1.47. The lowest BCUT2D eigenvalue weighted by Gasteiger charge is -2.09. The van der Waals surface area contributed by atoms with Crippen molar-refractivity contribution in [3.63, 3.8) is 0 Å². The number of benzene rings is 1. The minimum Gasteiger partial charge on any atom is -0.508 e. The summed E-state index contributed by atoms with van der Waals surface area (Å²) in [5.74, 6) is -1.35. The van der Waals surface area contributed by atoms with E-state index in [0.717, 1.165) is 6.07 Å². The zero-order valence-corrected chi connectivity index (χ0v) is 11.0. The predicted octanol–water partition coefficient (Wildman–Crippen LogP) is 2.17. The molecule has 0 atom stereocenters. The Labute approximate surface area is 109 Å². The van der Waals surface area contributed by atoms with Crippen LogP contribution in [0.2, 0.25) is 0 Å². The highest BCUT2D eigenvalue weighted by Gasteiger charge is 2.13. The summed E-state index contributed by atoms with van der Waals surface area (Å²) in [5, 5.41) is 21.0. The lowest BCUT2D eigenvalue weighted by molar-refractivity contribution is -0.113. The molecule has 0 spiro atoms. The Hall–Kier alpha value is -1.69. The third kappa shape index (κ3) is 4.29. The van der Waals surface area contributed by atoms with Crippen molar-refractivity contribution in [2.45, 2.75) is 19.1 Å². The number of thioether (sulfide) groups is 1. The molecular formula is C12H15NO4S. The summed E-state index contributed by atoms with van der Waals surface area (Å²) in [6, 6.07) is 3.81. The summed E-state index contributed by atoms with van der Waals surface area (Å²) in [4.78, 5) is 22.5. The Kier molecular flexibility index (Phi) is 5.03. The van der Waals surface area contributed by atoms with Crippen LogP contribution in [-0.4, -0.2) is 33.1 Å². The van der Waals surface area contributed by atoms with Gasteiger partial charge in [0.15, 0.2) is 0 Å². The first-order valence-electron chi connectivity index (χ1n) is 5.38. The van der Waals surface area contributed by atoms with Crippen LogP contribution in [0.1, 0.15) is 24.2 Å². The van der Waals surface area contributed by atoms with E-state index in [1.54, 1.807) is 0 Å². The number of aromatic carboxylic acids is 1. The van der Waals surface area contributed by atoms with Crippen molar-refractivity contribution in [1.82, 2.24) is 0 Å². The van der Waals surface area contributed by atoms with E-state index in [1.165, 1.54) is 23.9 Å². The zero-order chi connectivity index (χ0) is 13.7. The monoisotopic (exact) mass is 269 g/mol. The van der Waals surface area contributed by atoms with E-state index in [2.05, 4.69) is 5.32 Å². The van der Waals surface area contributed by atoms with E-state index in [1.807, 2.05) is 13.8 Å². The minimum absolute atomic E-state index is 0.127. The number of carbonyl (C=O) groups is 2. The van der Waals surface area contributed by atoms with Gasteiger partial charge < -0.3 is 15.5 Å². The Morgan fingerprint density at radius 2 is 2.06 bits per heavy atom. The number of anilines is 1. The number of carboxylic acids is 1. The Morgan fingerprint density at radius 3 is 2.61 bits per heavy atom. The van der Waals surface area contributed by atoms with Crippen molar-refractivity contribution in [2.24, 2.45) is 0 Å². The molecule has 0 aliphatic rings. The summed E-state index contributed by atoms with van der Waals surface area (Å²) < 4.78 is 0. The van der Waals surface area contributed by atoms with E-state index < -0.39 is 5.97 Å². The number of rotatable bonds is 5. The van der Waals surface area contributed by atoms with Crippen molar-refractivity contribution < 1.29 is 19.8 Å². The lowest BCUT2D eigenvalue weighted by Crippen LogP contribution is -2.17. The van der Waals surface area contributed by atoms with Gasteiger partial charge in [0.25, 0.3) is 0 Å². The summed E-state index contributed by atoms with van der Waals surface area (Å²) in [5.41, 5.74) is 0.0625. The van der Waals surface area contributed by atoms with Gasteiger partial charge in [0.2, 0.25) is 5.91 Å². The number of hydrogen-bond donors (Lipinski definition) is 3. The molecule has 18 heavy (non-hydrogen) atoms. The molecule has 5 nitrogen and oxygen atoms in total. The van der Waals surface area contributed by atoms with Gasteiger partial charge in [-0.25, -0.2) is 4.79 Å². The molecule has 6 heteroatoms. The lowest BCUT2D eigenvalue weighted by atomic mass is 10.1. The second-order valence-electron chi connectivity index (χ2n) is 3.94. The number of phenolic OH excluding ortho intramolecular Hbond substituents is 1. The molecule has 0 aliphatic heterocycles. The van der Waals surface area contributed by atoms with E-state index in [-0.39, 0.29) is 28.7 Å². The van der Waals surface area contributed by atoms with E-state index in [9.17, 15) is 14.7 Å². The molecular weight excluding hydrogens is 254 g/mol. The molecule has 0 aliphatic carbocycles. The van der Waals surface area contributed by atoms with Crippen LogP contribution in [-0.2, 0) is 4.79 Å². The normalized spacial score (nSPS) is 10.4. The molecule has 0 aromatic heterocycles. The van der Waals surface area contributed by atoms with E-state index in [4.69, 9.17) is 5.11 Å². The highest BCUT2D eigenvalue weighted by Crippen LogP contribution is 2.21. The first-order chi connectivity index (χ1) is 8.40. The maximum atomic E-state index is 11.6. The molecule has 0 radical (unpaired) electrons. The van der Waals surface area contributed by atoms with Gasteiger partial charge in [0, 0.05) is 0 Å². The number of aromatic hydroxyl groups is 1. The van der Waals surface area contributed by atoms with E-state index in [0.29, 0.717) is 5.25 Å². The van der Waals surface area contributed by atoms with Gasteiger partial charge in [-0.3, -0.25) is 4.79 Å². The molecule has 3 N–H and O–H groups in total. The molecule has 1 rings (SSSR count). The largest absolute Gasteiger partial charge is 0.508 e. The molecule has 0 unspecified atom stereocenters. The number of carbonyl (C=O) groups excluding carboxylic acids is 1. The minimum atomic E-state index is -1.20. The number of nitrogens with one attached hydrogen (secondary N) is 1. The van der Waals surface area contributed by atoms with Crippen molar-refractivity contribution in [2.75, 3.05) is 11.1 Å². The van der Waals surface area contributed by atoms with Crippen molar-refractivity contribution in [1.29, 1.82) is 0 Å². The van der Waals surface area contributed by atoms with Gasteiger partial charge in [0.1, 0.15) is 5.75 Å². The van der Waals surface area contributed by atoms with Crippen LogP contribution < -0.4 is 5.32 Å². The fourth-order valence-corrected chi connectivity index (χ4v) is 1.80.